The summed E-state index contributed by atoms with van der Waals surface area (Å²) in [6.45, 7) is 4.60. The van der Waals surface area contributed by atoms with Crippen molar-refractivity contribution in [2.45, 2.75) is 25.8 Å². The first-order valence-corrected chi connectivity index (χ1v) is 11.5. The van der Waals surface area contributed by atoms with Crippen molar-refractivity contribution in [1.29, 1.82) is 5.26 Å². The lowest BCUT2D eigenvalue weighted by molar-refractivity contribution is -0.118. The molecule has 4 rings (SSSR count). The lowest BCUT2D eigenvalue weighted by atomic mass is 9.98. The van der Waals surface area contributed by atoms with E-state index in [0.717, 1.165) is 27.9 Å². The number of rotatable bonds is 8. The Morgan fingerprint density at radius 1 is 1.06 bits per heavy atom. The number of benzene rings is 2. The van der Waals surface area contributed by atoms with Crippen LogP contribution in [0.2, 0.25) is 0 Å². The molecular formula is C28H28N6O. The first-order chi connectivity index (χ1) is 16.9. The van der Waals surface area contributed by atoms with Gasteiger partial charge in [-0.25, -0.2) is 4.98 Å². The van der Waals surface area contributed by atoms with Gasteiger partial charge in [0.05, 0.1) is 17.8 Å². The second-order valence-corrected chi connectivity index (χ2v) is 8.61. The Bertz CT molecular complexity index is 1340. The van der Waals surface area contributed by atoms with Crippen molar-refractivity contribution in [2.24, 2.45) is 7.05 Å². The van der Waals surface area contributed by atoms with Crippen LogP contribution in [0.15, 0.2) is 79.1 Å². The van der Waals surface area contributed by atoms with Gasteiger partial charge in [0.2, 0.25) is 5.91 Å². The number of amides is 1. The van der Waals surface area contributed by atoms with Crippen molar-refractivity contribution in [3.63, 3.8) is 0 Å². The van der Waals surface area contributed by atoms with Crippen LogP contribution in [-0.4, -0.2) is 27.2 Å². The van der Waals surface area contributed by atoms with E-state index in [0.29, 0.717) is 17.9 Å². The van der Waals surface area contributed by atoms with Gasteiger partial charge in [0.15, 0.2) is 0 Å². The summed E-state index contributed by atoms with van der Waals surface area (Å²) in [5.74, 6) is 0.480. The number of aryl methyl sites for hydroxylation is 2. The number of hydrogen-bond donors (Lipinski definition) is 2. The zero-order valence-electron chi connectivity index (χ0n) is 20.1. The van der Waals surface area contributed by atoms with Gasteiger partial charge in [-0.05, 0) is 48.2 Å². The number of carbonyl (C=O) groups excluding carboxylic acids is 1. The van der Waals surface area contributed by atoms with Crippen LogP contribution in [-0.2, 0) is 11.8 Å². The van der Waals surface area contributed by atoms with Crippen LogP contribution < -0.4 is 10.6 Å². The minimum atomic E-state index is -0.544. The minimum Gasteiger partial charge on any atom is -0.309 e. The molecule has 0 radical (unpaired) electrons. The van der Waals surface area contributed by atoms with Crippen LogP contribution in [0.4, 0.5) is 5.82 Å². The van der Waals surface area contributed by atoms with Gasteiger partial charge in [-0.1, -0.05) is 49.4 Å². The number of hydrogen-bond acceptors (Lipinski definition) is 5. The molecular weight excluding hydrogens is 436 g/mol. The highest BCUT2D eigenvalue weighted by molar-refractivity contribution is 5.95. The highest BCUT2D eigenvalue weighted by Crippen LogP contribution is 2.24. The predicted molar refractivity (Wildman–Crippen MR) is 137 cm³/mol. The molecule has 2 aromatic heterocycles. The summed E-state index contributed by atoms with van der Waals surface area (Å²) >= 11 is 0. The van der Waals surface area contributed by atoms with Crippen molar-refractivity contribution < 1.29 is 4.79 Å². The van der Waals surface area contributed by atoms with Crippen LogP contribution in [0.5, 0.6) is 0 Å². The molecule has 1 amide bonds. The molecule has 176 valence electrons. The van der Waals surface area contributed by atoms with E-state index in [4.69, 9.17) is 5.26 Å². The summed E-state index contributed by atoms with van der Waals surface area (Å²) in [7, 11) is 1.87. The Kier molecular flexibility index (Phi) is 7.34. The molecule has 0 aliphatic carbocycles. The molecule has 0 fully saturated rings. The van der Waals surface area contributed by atoms with Gasteiger partial charge >= 0.3 is 0 Å². The topological polar surface area (TPSA) is 95.6 Å². The van der Waals surface area contributed by atoms with Gasteiger partial charge in [-0.2, -0.15) is 10.4 Å². The molecule has 0 unspecified atom stereocenters. The van der Waals surface area contributed by atoms with E-state index in [1.54, 1.807) is 10.9 Å². The number of carbonyl (C=O) groups is 1. The Balaban J connectivity index is 1.49. The lowest BCUT2D eigenvalue weighted by Gasteiger charge is -2.21. The average molecular weight is 465 g/mol. The molecule has 7 nitrogen and oxygen atoms in total. The number of anilines is 1. The lowest BCUT2D eigenvalue weighted by Crippen LogP contribution is -2.35. The van der Waals surface area contributed by atoms with Gasteiger partial charge < -0.3 is 10.6 Å². The molecule has 0 saturated carbocycles. The maximum Gasteiger partial charge on any atom is 0.247 e. The molecule has 0 aliphatic heterocycles. The van der Waals surface area contributed by atoms with E-state index in [2.05, 4.69) is 33.7 Å². The van der Waals surface area contributed by atoms with Crippen LogP contribution in [0.25, 0.3) is 11.1 Å². The highest BCUT2D eigenvalue weighted by atomic mass is 16.2. The average Bonchev–Trinajstić information content (AvgIpc) is 3.30. The molecule has 0 bridgehead atoms. The SMILES string of the molecule is Cc1nc(NC(=O)[C@H](NC[C@@H](C)c2ccc(C#N)cc2)c2ccccc2)ccc1-c1cnn(C)c1. The van der Waals surface area contributed by atoms with E-state index in [1.807, 2.05) is 86.9 Å². The number of nitriles is 1. The fraction of sp³-hybridized carbons (Fsp3) is 0.214. The van der Waals surface area contributed by atoms with Gasteiger partial charge in [0, 0.05) is 36.6 Å². The molecule has 0 spiro atoms. The Labute approximate surface area is 205 Å². The van der Waals surface area contributed by atoms with Crippen LogP contribution in [0.1, 0.15) is 41.3 Å². The molecule has 35 heavy (non-hydrogen) atoms. The smallest absolute Gasteiger partial charge is 0.247 e. The third-order valence-electron chi connectivity index (χ3n) is 5.99. The standard InChI is InChI=1S/C28H28N6O/c1-19(22-11-9-21(15-29)10-12-22)16-30-27(23-7-5-4-6-8-23)28(35)33-26-14-13-25(20(2)32-26)24-17-31-34(3)18-24/h4-14,17-19,27,30H,16H2,1-3H3,(H,32,33,35)/t19-,27-/m1/s1. The Morgan fingerprint density at radius 2 is 1.80 bits per heavy atom. The molecule has 4 aromatic rings. The van der Waals surface area contributed by atoms with Crippen LogP contribution in [0.3, 0.4) is 0 Å². The Hall–Kier alpha value is -4.28. The third-order valence-corrected chi connectivity index (χ3v) is 5.99. The maximum absolute atomic E-state index is 13.4. The van der Waals surface area contributed by atoms with Crippen molar-refractivity contribution in [2.75, 3.05) is 11.9 Å². The minimum absolute atomic E-state index is 0.154. The fourth-order valence-corrected chi connectivity index (χ4v) is 4.00. The number of aromatic nitrogens is 3. The summed E-state index contributed by atoms with van der Waals surface area (Å²) in [5.41, 5.74) is 5.39. The molecule has 2 atom stereocenters. The summed E-state index contributed by atoms with van der Waals surface area (Å²) in [5, 5.41) is 19.6. The van der Waals surface area contributed by atoms with Gasteiger partial charge in [0.25, 0.3) is 0 Å². The summed E-state index contributed by atoms with van der Waals surface area (Å²) in [6.07, 6.45) is 3.74. The van der Waals surface area contributed by atoms with Gasteiger partial charge in [0.1, 0.15) is 11.9 Å². The van der Waals surface area contributed by atoms with Crippen molar-refractivity contribution in [3.8, 4) is 17.2 Å². The van der Waals surface area contributed by atoms with Crippen LogP contribution >= 0.6 is 0 Å². The zero-order valence-corrected chi connectivity index (χ0v) is 20.1. The van der Waals surface area contributed by atoms with Crippen molar-refractivity contribution in [3.05, 3.63) is 102 Å². The summed E-state index contributed by atoms with van der Waals surface area (Å²) in [4.78, 5) is 18.0. The first kappa shape index (κ1) is 23.9. The second kappa shape index (κ2) is 10.8. The van der Waals surface area contributed by atoms with Crippen molar-refractivity contribution in [1.82, 2.24) is 20.1 Å². The van der Waals surface area contributed by atoms with Crippen molar-refractivity contribution >= 4 is 11.7 Å². The first-order valence-electron chi connectivity index (χ1n) is 11.5. The van der Waals surface area contributed by atoms with E-state index in [9.17, 15) is 4.79 Å². The molecule has 7 heteroatoms. The zero-order chi connectivity index (χ0) is 24.8. The molecule has 2 aromatic carbocycles. The normalized spacial score (nSPS) is 12.5. The van der Waals surface area contributed by atoms with Crippen LogP contribution in [0, 0.1) is 18.3 Å². The van der Waals surface area contributed by atoms with E-state index in [-0.39, 0.29) is 11.8 Å². The molecule has 0 aliphatic rings. The predicted octanol–water partition coefficient (Wildman–Crippen LogP) is 4.74. The number of nitrogens with zero attached hydrogens (tertiary/aromatic N) is 4. The number of nitrogens with one attached hydrogen (secondary N) is 2. The molecule has 0 saturated heterocycles. The Morgan fingerprint density at radius 3 is 2.43 bits per heavy atom. The summed E-state index contributed by atoms with van der Waals surface area (Å²) in [6, 6.07) is 22.6. The quantitative estimate of drug-likeness (QED) is 0.393. The van der Waals surface area contributed by atoms with E-state index < -0.39 is 6.04 Å². The fourth-order valence-electron chi connectivity index (χ4n) is 4.00. The van der Waals surface area contributed by atoms with Gasteiger partial charge in [-0.15, -0.1) is 0 Å². The maximum atomic E-state index is 13.4. The largest absolute Gasteiger partial charge is 0.309 e. The summed E-state index contributed by atoms with van der Waals surface area (Å²) < 4.78 is 1.75. The third kappa shape index (κ3) is 5.81. The second-order valence-electron chi connectivity index (χ2n) is 8.61. The molecule has 2 heterocycles. The number of pyridine rings is 1. The monoisotopic (exact) mass is 464 g/mol. The van der Waals surface area contributed by atoms with E-state index in [1.165, 1.54) is 0 Å². The molecule has 2 N–H and O–H groups in total. The van der Waals surface area contributed by atoms with Gasteiger partial charge in [-0.3, -0.25) is 9.48 Å². The van der Waals surface area contributed by atoms with E-state index >= 15 is 0 Å². The highest BCUT2D eigenvalue weighted by Gasteiger charge is 2.22.